The van der Waals surface area contributed by atoms with Crippen LogP contribution in [0.2, 0.25) is 0 Å². The Morgan fingerprint density at radius 2 is 2.00 bits per heavy atom. The molecule has 0 bridgehead atoms. The normalized spacial score (nSPS) is 18.3. The first-order valence-electron chi connectivity index (χ1n) is 7.79. The Hall–Kier alpha value is -2.08. The molecule has 0 aromatic heterocycles. The van der Waals surface area contributed by atoms with Gasteiger partial charge in [0.2, 0.25) is 0 Å². The molecule has 1 atom stereocenters. The maximum absolute atomic E-state index is 11.9. The maximum atomic E-state index is 11.9. The molecular formula is C19H23NO2. The molecule has 22 heavy (non-hydrogen) atoms. The van der Waals surface area contributed by atoms with Crippen LogP contribution in [0.15, 0.2) is 30.3 Å². The van der Waals surface area contributed by atoms with Gasteiger partial charge in [0.05, 0.1) is 11.6 Å². The summed E-state index contributed by atoms with van der Waals surface area (Å²) in [5.41, 5.74) is 2.76. The number of hydrogen-bond acceptors (Lipinski definition) is 3. The van der Waals surface area contributed by atoms with Gasteiger partial charge in [-0.3, -0.25) is 4.79 Å². The Kier molecular flexibility index (Phi) is 5.03. The number of benzene rings is 1. The first kappa shape index (κ1) is 16.3. The van der Waals surface area contributed by atoms with Gasteiger partial charge in [-0.05, 0) is 69.2 Å². The molecule has 1 aromatic rings. The second kappa shape index (κ2) is 6.79. The van der Waals surface area contributed by atoms with Crippen LogP contribution in [0.25, 0.3) is 5.57 Å². The molecule has 0 heterocycles. The number of carbonyl (C=O) groups is 1. The molecule has 0 saturated heterocycles. The van der Waals surface area contributed by atoms with Gasteiger partial charge in [-0.2, -0.15) is 5.26 Å². The largest absolute Gasteiger partial charge is 0.460 e. The monoisotopic (exact) mass is 297 g/mol. The van der Waals surface area contributed by atoms with Crippen LogP contribution >= 0.6 is 0 Å². The molecule has 3 nitrogen and oxygen atoms in total. The number of carbonyl (C=O) groups excluding carboxylic acids is 1. The van der Waals surface area contributed by atoms with Gasteiger partial charge in [-0.15, -0.1) is 0 Å². The van der Waals surface area contributed by atoms with E-state index < -0.39 is 5.60 Å². The number of rotatable bonds is 3. The Labute approximate surface area is 132 Å². The van der Waals surface area contributed by atoms with Gasteiger partial charge in [-0.25, -0.2) is 0 Å². The molecule has 1 aliphatic rings. The standard InChI is InChI=1S/C19H23NO2/c1-19(2,3)22-18(21)12-14-4-8-16(9-5-14)17-10-6-15(13-20)7-11-17/h6-8,10-11,14H,4-5,9,12H2,1-3H3. The lowest BCUT2D eigenvalue weighted by Gasteiger charge is -2.24. The fourth-order valence-corrected chi connectivity index (χ4v) is 2.71. The third kappa shape index (κ3) is 4.73. The molecule has 1 unspecified atom stereocenters. The molecule has 0 N–H and O–H groups in total. The van der Waals surface area contributed by atoms with Crippen molar-refractivity contribution < 1.29 is 9.53 Å². The van der Waals surface area contributed by atoms with Crippen LogP contribution in [0.5, 0.6) is 0 Å². The fourth-order valence-electron chi connectivity index (χ4n) is 2.71. The summed E-state index contributed by atoms with van der Waals surface area (Å²) in [7, 11) is 0. The van der Waals surface area contributed by atoms with E-state index in [4.69, 9.17) is 10.00 Å². The number of nitriles is 1. The van der Waals surface area contributed by atoms with E-state index in [0.29, 0.717) is 17.9 Å². The van der Waals surface area contributed by atoms with Crippen molar-refractivity contribution in [3.05, 3.63) is 41.5 Å². The van der Waals surface area contributed by atoms with E-state index in [0.717, 1.165) is 19.3 Å². The summed E-state index contributed by atoms with van der Waals surface area (Å²) in [6.07, 6.45) is 5.60. The molecule has 0 fully saturated rings. The summed E-state index contributed by atoms with van der Waals surface area (Å²) in [6.45, 7) is 5.69. The molecule has 1 aliphatic carbocycles. The SMILES string of the molecule is CC(C)(C)OC(=O)CC1CC=C(c2ccc(C#N)cc2)CC1. The van der Waals surface area contributed by atoms with E-state index in [9.17, 15) is 4.79 Å². The maximum Gasteiger partial charge on any atom is 0.306 e. The minimum absolute atomic E-state index is 0.104. The molecule has 116 valence electrons. The molecular weight excluding hydrogens is 274 g/mol. The lowest BCUT2D eigenvalue weighted by Crippen LogP contribution is -2.25. The molecule has 1 aromatic carbocycles. The van der Waals surface area contributed by atoms with Crippen LogP contribution in [-0.2, 0) is 9.53 Å². The van der Waals surface area contributed by atoms with E-state index >= 15 is 0 Å². The number of esters is 1. The third-order valence-electron chi connectivity index (χ3n) is 3.78. The zero-order chi connectivity index (χ0) is 16.2. The summed E-state index contributed by atoms with van der Waals surface area (Å²) in [5.74, 6) is 0.268. The predicted molar refractivity (Wildman–Crippen MR) is 86.9 cm³/mol. The molecule has 0 aliphatic heterocycles. The van der Waals surface area contributed by atoms with Crippen molar-refractivity contribution in [2.45, 2.75) is 52.1 Å². The highest BCUT2D eigenvalue weighted by Gasteiger charge is 2.22. The van der Waals surface area contributed by atoms with Crippen molar-refractivity contribution in [2.75, 3.05) is 0 Å². The second-order valence-electron chi connectivity index (χ2n) is 6.85. The quantitative estimate of drug-likeness (QED) is 0.773. The average Bonchev–Trinajstić information content (AvgIpc) is 2.46. The second-order valence-corrected chi connectivity index (χ2v) is 6.85. The molecule has 0 radical (unpaired) electrons. The van der Waals surface area contributed by atoms with E-state index in [2.05, 4.69) is 12.1 Å². The number of ether oxygens (including phenoxy) is 1. The van der Waals surface area contributed by atoms with Crippen molar-refractivity contribution in [2.24, 2.45) is 5.92 Å². The van der Waals surface area contributed by atoms with Gasteiger partial charge in [0.15, 0.2) is 0 Å². The van der Waals surface area contributed by atoms with Crippen LogP contribution in [0.4, 0.5) is 0 Å². The van der Waals surface area contributed by atoms with Crippen LogP contribution in [-0.4, -0.2) is 11.6 Å². The predicted octanol–water partition coefficient (Wildman–Crippen LogP) is 4.47. The number of nitrogens with zero attached hydrogens (tertiary/aromatic N) is 1. The smallest absolute Gasteiger partial charge is 0.306 e. The molecule has 2 rings (SSSR count). The minimum Gasteiger partial charge on any atom is -0.460 e. The van der Waals surface area contributed by atoms with Gasteiger partial charge < -0.3 is 4.74 Å². The zero-order valence-electron chi connectivity index (χ0n) is 13.6. The summed E-state index contributed by atoms with van der Waals surface area (Å²) >= 11 is 0. The first-order valence-corrected chi connectivity index (χ1v) is 7.79. The van der Waals surface area contributed by atoms with Crippen molar-refractivity contribution in [3.8, 4) is 6.07 Å². The van der Waals surface area contributed by atoms with Crippen molar-refractivity contribution in [1.82, 2.24) is 0 Å². The summed E-state index contributed by atoms with van der Waals surface area (Å²) in [4.78, 5) is 11.9. The van der Waals surface area contributed by atoms with Crippen LogP contribution < -0.4 is 0 Å². The first-order chi connectivity index (χ1) is 10.4. The van der Waals surface area contributed by atoms with E-state index in [1.54, 1.807) is 0 Å². The van der Waals surface area contributed by atoms with Crippen molar-refractivity contribution in [3.63, 3.8) is 0 Å². The average molecular weight is 297 g/mol. The molecule has 0 spiro atoms. The van der Waals surface area contributed by atoms with Gasteiger partial charge in [-0.1, -0.05) is 18.2 Å². The number of allylic oxidation sites excluding steroid dienone is 2. The van der Waals surface area contributed by atoms with Crippen LogP contribution in [0.1, 0.15) is 57.6 Å². The lowest BCUT2D eigenvalue weighted by atomic mass is 9.85. The molecule has 0 amide bonds. The van der Waals surface area contributed by atoms with Gasteiger partial charge >= 0.3 is 5.97 Å². The highest BCUT2D eigenvalue weighted by Crippen LogP contribution is 2.32. The van der Waals surface area contributed by atoms with E-state index in [1.807, 2.05) is 45.0 Å². The van der Waals surface area contributed by atoms with E-state index in [1.165, 1.54) is 11.1 Å². The Morgan fingerprint density at radius 3 is 2.50 bits per heavy atom. The fraction of sp³-hybridized carbons (Fsp3) is 0.474. The topological polar surface area (TPSA) is 50.1 Å². The summed E-state index contributed by atoms with van der Waals surface area (Å²) in [6, 6.07) is 9.83. The Balaban J connectivity index is 1.92. The summed E-state index contributed by atoms with van der Waals surface area (Å²) in [5, 5.41) is 8.83. The van der Waals surface area contributed by atoms with Crippen LogP contribution in [0, 0.1) is 17.2 Å². The highest BCUT2D eigenvalue weighted by molar-refractivity contribution is 5.71. The zero-order valence-corrected chi connectivity index (χ0v) is 13.6. The highest BCUT2D eigenvalue weighted by atomic mass is 16.6. The lowest BCUT2D eigenvalue weighted by molar-refractivity contribution is -0.156. The Morgan fingerprint density at radius 1 is 1.32 bits per heavy atom. The van der Waals surface area contributed by atoms with Crippen LogP contribution in [0.3, 0.4) is 0 Å². The minimum atomic E-state index is -0.408. The van der Waals surface area contributed by atoms with Gasteiger partial charge in [0.1, 0.15) is 5.60 Å². The van der Waals surface area contributed by atoms with E-state index in [-0.39, 0.29) is 5.97 Å². The summed E-state index contributed by atoms with van der Waals surface area (Å²) < 4.78 is 5.39. The molecule has 3 heteroatoms. The number of hydrogen-bond donors (Lipinski definition) is 0. The van der Waals surface area contributed by atoms with Gasteiger partial charge in [0.25, 0.3) is 0 Å². The van der Waals surface area contributed by atoms with Crippen molar-refractivity contribution in [1.29, 1.82) is 5.26 Å². The Bertz CT molecular complexity index is 600. The van der Waals surface area contributed by atoms with Gasteiger partial charge in [0, 0.05) is 6.42 Å². The third-order valence-corrected chi connectivity index (χ3v) is 3.78. The molecule has 0 saturated carbocycles. The van der Waals surface area contributed by atoms with Crippen molar-refractivity contribution >= 4 is 11.5 Å².